The van der Waals surface area contributed by atoms with Crippen molar-refractivity contribution in [3.05, 3.63) is 77.3 Å². The summed E-state index contributed by atoms with van der Waals surface area (Å²) in [7, 11) is 3.16. The molecule has 3 rings (SSSR count). The Morgan fingerprint density at radius 3 is 2.69 bits per heavy atom. The third kappa shape index (κ3) is 5.74. The van der Waals surface area contributed by atoms with E-state index >= 15 is 0 Å². The largest absolute Gasteiger partial charge is 0.486 e. The number of imidazole rings is 1. The van der Waals surface area contributed by atoms with Crippen LogP contribution in [0.15, 0.2) is 61.2 Å². The lowest BCUT2D eigenvalue weighted by Crippen LogP contribution is -2.24. The molecule has 0 amide bonds. The van der Waals surface area contributed by atoms with E-state index in [0.29, 0.717) is 17.9 Å². The number of benzene rings is 2. The van der Waals surface area contributed by atoms with E-state index in [1.165, 1.54) is 12.7 Å². The third-order valence-corrected chi connectivity index (χ3v) is 4.86. The van der Waals surface area contributed by atoms with Gasteiger partial charge in [0.2, 0.25) is 0 Å². The Balaban J connectivity index is 1.76. The number of nitrogens with zero attached hydrogens (tertiary/aromatic N) is 2. The minimum atomic E-state index is -0.384. The van der Waals surface area contributed by atoms with Crippen LogP contribution in [-0.2, 0) is 17.7 Å². The molecule has 0 radical (unpaired) electrons. The second-order valence-electron chi connectivity index (χ2n) is 6.62. The van der Waals surface area contributed by atoms with Gasteiger partial charge in [0.1, 0.15) is 11.9 Å². The van der Waals surface area contributed by atoms with Crippen molar-refractivity contribution in [1.29, 1.82) is 0 Å². The molecule has 152 valence electrons. The number of aryl methyl sites for hydroxylation is 1. The van der Waals surface area contributed by atoms with Crippen LogP contribution in [-0.4, -0.2) is 35.8 Å². The van der Waals surface area contributed by atoms with Gasteiger partial charge in [-0.1, -0.05) is 23.7 Å². The molecule has 29 heavy (non-hydrogen) atoms. The molecule has 1 heterocycles. The number of esters is 1. The van der Waals surface area contributed by atoms with Gasteiger partial charge in [0.15, 0.2) is 0 Å². The van der Waals surface area contributed by atoms with Crippen molar-refractivity contribution in [2.45, 2.75) is 25.5 Å². The summed E-state index contributed by atoms with van der Waals surface area (Å²) in [5.74, 6) is 0.298. The maximum atomic E-state index is 11.8. The fourth-order valence-electron chi connectivity index (χ4n) is 3.05. The smallest absolute Gasteiger partial charge is 0.337 e. The van der Waals surface area contributed by atoms with Crippen LogP contribution in [0.2, 0.25) is 5.02 Å². The summed E-state index contributed by atoms with van der Waals surface area (Å²) in [6.07, 6.45) is 7.01. The zero-order valence-electron chi connectivity index (χ0n) is 16.5. The van der Waals surface area contributed by atoms with Crippen molar-refractivity contribution in [3.8, 4) is 5.75 Å². The van der Waals surface area contributed by atoms with Gasteiger partial charge < -0.3 is 19.4 Å². The van der Waals surface area contributed by atoms with Crippen molar-refractivity contribution in [2.24, 2.45) is 0 Å². The van der Waals surface area contributed by atoms with E-state index in [0.717, 1.165) is 23.6 Å². The molecule has 0 aliphatic carbocycles. The van der Waals surface area contributed by atoms with E-state index in [9.17, 15) is 4.79 Å². The SMILES string of the molecule is CNc1cc(C(=O)OC)ccc1OC(CCc1ccc(Cl)cc1)Cn1ccnc1. The monoisotopic (exact) mass is 413 g/mol. The van der Waals surface area contributed by atoms with Gasteiger partial charge in [0.25, 0.3) is 0 Å². The molecule has 0 aliphatic heterocycles. The van der Waals surface area contributed by atoms with E-state index < -0.39 is 0 Å². The Morgan fingerprint density at radius 2 is 2.03 bits per heavy atom. The van der Waals surface area contributed by atoms with Crippen LogP contribution in [0, 0.1) is 0 Å². The third-order valence-electron chi connectivity index (χ3n) is 4.61. The van der Waals surface area contributed by atoms with Crippen LogP contribution in [0.4, 0.5) is 5.69 Å². The minimum absolute atomic E-state index is 0.0871. The Morgan fingerprint density at radius 1 is 1.24 bits per heavy atom. The highest BCUT2D eigenvalue weighted by Gasteiger charge is 2.16. The fourth-order valence-corrected chi connectivity index (χ4v) is 3.17. The second-order valence-corrected chi connectivity index (χ2v) is 7.05. The number of carbonyl (C=O) groups excluding carboxylic acids is 1. The normalized spacial score (nSPS) is 11.7. The van der Waals surface area contributed by atoms with Crippen LogP contribution < -0.4 is 10.1 Å². The van der Waals surface area contributed by atoms with Gasteiger partial charge in [-0.2, -0.15) is 0 Å². The number of methoxy groups -OCH3 is 1. The van der Waals surface area contributed by atoms with Crippen molar-refractivity contribution < 1.29 is 14.3 Å². The van der Waals surface area contributed by atoms with E-state index in [4.69, 9.17) is 21.1 Å². The molecule has 0 saturated heterocycles. The van der Waals surface area contributed by atoms with Gasteiger partial charge in [0.05, 0.1) is 31.2 Å². The zero-order valence-corrected chi connectivity index (χ0v) is 17.2. The molecule has 1 unspecified atom stereocenters. The molecule has 7 heteroatoms. The summed E-state index contributed by atoms with van der Waals surface area (Å²) in [5.41, 5.74) is 2.40. The lowest BCUT2D eigenvalue weighted by Gasteiger charge is -2.22. The van der Waals surface area contributed by atoms with E-state index in [1.807, 2.05) is 35.0 Å². The Kier molecular flexibility index (Phi) is 7.14. The number of carbonyl (C=O) groups is 1. The lowest BCUT2D eigenvalue weighted by molar-refractivity contribution is 0.0600. The summed E-state index contributed by atoms with van der Waals surface area (Å²) in [6.45, 7) is 0.662. The van der Waals surface area contributed by atoms with Gasteiger partial charge in [0, 0.05) is 24.5 Å². The number of aromatic nitrogens is 2. The summed E-state index contributed by atoms with van der Waals surface area (Å²) < 4.78 is 13.1. The molecule has 1 N–H and O–H groups in total. The fraction of sp³-hybridized carbons (Fsp3) is 0.273. The molecule has 0 aliphatic rings. The Bertz CT molecular complexity index is 927. The quantitative estimate of drug-likeness (QED) is 0.525. The summed E-state index contributed by atoms with van der Waals surface area (Å²) in [4.78, 5) is 15.9. The summed E-state index contributed by atoms with van der Waals surface area (Å²) >= 11 is 5.98. The second kappa shape index (κ2) is 9.98. The highest BCUT2D eigenvalue weighted by Crippen LogP contribution is 2.28. The number of anilines is 1. The Labute approximate surface area is 175 Å². The molecule has 1 aromatic heterocycles. The van der Waals surface area contributed by atoms with Crippen LogP contribution in [0.1, 0.15) is 22.3 Å². The van der Waals surface area contributed by atoms with Gasteiger partial charge in [-0.05, 0) is 48.7 Å². The average molecular weight is 414 g/mol. The molecule has 0 saturated carbocycles. The standard InChI is InChI=1S/C22H24ClN3O3/c1-24-20-13-17(22(27)28-2)6-10-21(20)29-19(14-26-12-11-25-15-26)9-5-16-3-7-18(23)8-4-16/h3-4,6-8,10-13,15,19,24H,5,9,14H2,1-2H3. The predicted octanol–water partition coefficient (Wildman–Crippen LogP) is 4.45. The first-order chi connectivity index (χ1) is 14.1. The van der Waals surface area contributed by atoms with Crippen LogP contribution >= 0.6 is 11.6 Å². The number of ether oxygens (including phenoxy) is 2. The van der Waals surface area contributed by atoms with Crippen molar-refractivity contribution in [2.75, 3.05) is 19.5 Å². The molecule has 6 nitrogen and oxygen atoms in total. The highest BCUT2D eigenvalue weighted by atomic mass is 35.5. The molecule has 1 atom stereocenters. The van der Waals surface area contributed by atoms with Crippen LogP contribution in [0.5, 0.6) is 5.75 Å². The van der Waals surface area contributed by atoms with E-state index in [1.54, 1.807) is 37.8 Å². The highest BCUT2D eigenvalue weighted by molar-refractivity contribution is 6.30. The minimum Gasteiger partial charge on any atom is -0.486 e. The topological polar surface area (TPSA) is 65.4 Å². The van der Waals surface area contributed by atoms with Crippen LogP contribution in [0.25, 0.3) is 0 Å². The maximum Gasteiger partial charge on any atom is 0.337 e. The van der Waals surface area contributed by atoms with Gasteiger partial charge >= 0.3 is 5.97 Å². The summed E-state index contributed by atoms with van der Waals surface area (Å²) in [5, 5.41) is 3.82. The first-order valence-electron chi connectivity index (χ1n) is 9.36. The van der Waals surface area contributed by atoms with Crippen molar-refractivity contribution >= 4 is 23.3 Å². The first-order valence-corrected chi connectivity index (χ1v) is 9.74. The number of hydrogen-bond acceptors (Lipinski definition) is 5. The Hall–Kier alpha value is -2.99. The van der Waals surface area contributed by atoms with Gasteiger partial charge in [-0.15, -0.1) is 0 Å². The average Bonchev–Trinajstić information content (AvgIpc) is 3.26. The molecule has 2 aromatic carbocycles. The molecular formula is C22H24ClN3O3. The molecular weight excluding hydrogens is 390 g/mol. The number of halogens is 1. The number of hydrogen-bond donors (Lipinski definition) is 1. The molecule has 0 bridgehead atoms. The molecule has 0 fully saturated rings. The predicted molar refractivity (Wildman–Crippen MR) is 114 cm³/mol. The number of rotatable bonds is 9. The lowest BCUT2D eigenvalue weighted by atomic mass is 10.1. The van der Waals surface area contributed by atoms with Crippen LogP contribution in [0.3, 0.4) is 0 Å². The number of nitrogens with one attached hydrogen (secondary N) is 1. The maximum absolute atomic E-state index is 11.8. The van der Waals surface area contributed by atoms with E-state index in [2.05, 4.69) is 10.3 Å². The van der Waals surface area contributed by atoms with E-state index in [-0.39, 0.29) is 12.1 Å². The van der Waals surface area contributed by atoms with Crippen molar-refractivity contribution in [1.82, 2.24) is 9.55 Å². The zero-order chi connectivity index (χ0) is 20.6. The molecule has 3 aromatic rings. The van der Waals surface area contributed by atoms with Gasteiger partial charge in [-0.25, -0.2) is 9.78 Å². The first kappa shape index (κ1) is 20.7. The van der Waals surface area contributed by atoms with Gasteiger partial charge in [-0.3, -0.25) is 0 Å². The molecule has 0 spiro atoms. The van der Waals surface area contributed by atoms with Crippen molar-refractivity contribution in [3.63, 3.8) is 0 Å². The summed E-state index contributed by atoms with van der Waals surface area (Å²) in [6, 6.07) is 13.1.